The molecule has 1 N–H and O–H groups in total. The van der Waals surface area contributed by atoms with E-state index in [-0.39, 0.29) is 0 Å². The molecule has 15 heavy (non-hydrogen) atoms. The minimum Gasteiger partial charge on any atom is -0.365 e. The highest BCUT2D eigenvalue weighted by Gasteiger charge is 2.02. The summed E-state index contributed by atoms with van der Waals surface area (Å²) in [5, 5.41) is 7.97. The number of anilines is 1. The van der Waals surface area contributed by atoms with Gasteiger partial charge in [0.05, 0.1) is 6.20 Å². The van der Waals surface area contributed by atoms with Crippen LogP contribution in [0.1, 0.15) is 11.1 Å². The molecular formula is C10H10ClN3S. The average molecular weight is 240 g/mol. The van der Waals surface area contributed by atoms with Gasteiger partial charge in [-0.3, -0.25) is 0 Å². The van der Waals surface area contributed by atoms with Crippen LogP contribution in [0.25, 0.3) is 0 Å². The van der Waals surface area contributed by atoms with E-state index in [2.05, 4.69) is 33.0 Å². The van der Waals surface area contributed by atoms with Crippen LogP contribution in [0.3, 0.4) is 0 Å². The minimum atomic E-state index is 0.547. The van der Waals surface area contributed by atoms with Gasteiger partial charge in [0.1, 0.15) is 17.2 Å². The lowest BCUT2D eigenvalue weighted by molar-refractivity contribution is 1.08. The molecule has 0 fully saturated rings. The molecule has 2 heterocycles. The first kappa shape index (κ1) is 10.4. The minimum absolute atomic E-state index is 0.547. The van der Waals surface area contributed by atoms with E-state index in [0.29, 0.717) is 10.8 Å². The fourth-order valence-corrected chi connectivity index (χ4v) is 2.22. The molecule has 0 aromatic carbocycles. The molecule has 0 radical (unpaired) electrons. The van der Waals surface area contributed by atoms with Crippen molar-refractivity contribution >= 4 is 28.8 Å². The van der Waals surface area contributed by atoms with Crippen molar-refractivity contribution in [2.45, 2.75) is 13.5 Å². The van der Waals surface area contributed by atoms with E-state index in [1.165, 1.54) is 17.5 Å². The van der Waals surface area contributed by atoms with Crippen LogP contribution in [0.15, 0.2) is 23.3 Å². The van der Waals surface area contributed by atoms with Crippen LogP contribution in [0.4, 0.5) is 5.82 Å². The summed E-state index contributed by atoms with van der Waals surface area (Å²) in [4.78, 5) is 7.88. The predicted molar refractivity (Wildman–Crippen MR) is 63.4 cm³/mol. The van der Waals surface area contributed by atoms with Crippen LogP contribution in [0.5, 0.6) is 0 Å². The maximum Gasteiger partial charge on any atom is 0.148 e. The quantitative estimate of drug-likeness (QED) is 0.895. The van der Waals surface area contributed by atoms with Gasteiger partial charge in [-0.15, -0.1) is 0 Å². The van der Waals surface area contributed by atoms with Crippen molar-refractivity contribution in [3.63, 3.8) is 0 Å². The Labute approximate surface area is 97.2 Å². The molecular weight excluding hydrogens is 230 g/mol. The van der Waals surface area contributed by atoms with Gasteiger partial charge in [-0.05, 0) is 28.8 Å². The monoisotopic (exact) mass is 239 g/mol. The number of thiophene rings is 1. The second-order valence-electron chi connectivity index (χ2n) is 3.15. The van der Waals surface area contributed by atoms with Gasteiger partial charge in [-0.1, -0.05) is 11.6 Å². The summed E-state index contributed by atoms with van der Waals surface area (Å²) < 4.78 is 0. The average Bonchev–Trinajstić information content (AvgIpc) is 2.63. The number of aryl methyl sites for hydroxylation is 1. The Bertz CT molecular complexity index is 455. The summed E-state index contributed by atoms with van der Waals surface area (Å²) >= 11 is 7.62. The molecule has 2 aromatic heterocycles. The Balaban J connectivity index is 2.06. The number of halogens is 1. The molecule has 0 aliphatic carbocycles. The molecule has 78 valence electrons. The summed E-state index contributed by atoms with van der Waals surface area (Å²) in [7, 11) is 0. The van der Waals surface area contributed by atoms with Crippen molar-refractivity contribution in [2.75, 3.05) is 5.32 Å². The molecule has 0 atom stereocenters. The molecule has 5 heteroatoms. The number of hydrogen-bond acceptors (Lipinski definition) is 4. The summed E-state index contributed by atoms with van der Waals surface area (Å²) in [6.45, 7) is 2.83. The smallest absolute Gasteiger partial charge is 0.148 e. The molecule has 2 aromatic rings. The van der Waals surface area contributed by atoms with Gasteiger partial charge in [0, 0.05) is 6.54 Å². The van der Waals surface area contributed by atoms with Crippen molar-refractivity contribution in [1.82, 2.24) is 9.97 Å². The molecule has 0 saturated heterocycles. The molecule has 0 amide bonds. The van der Waals surface area contributed by atoms with Gasteiger partial charge in [0.2, 0.25) is 0 Å². The standard InChI is InChI=1S/C10H10ClN3S/c1-7-4-15-5-8(7)2-13-10-9(11)3-12-6-14-10/h3-6H,2H2,1H3,(H,12,13,14). The summed E-state index contributed by atoms with van der Waals surface area (Å²) in [5.74, 6) is 0.678. The second-order valence-corrected chi connectivity index (χ2v) is 4.30. The van der Waals surface area contributed by atoms with E-state index in [4.69, 9.17) is 11.6 Å². The molecule has 3 nitrogen and oxygen atoms in total. The number of rotatable bonds is 3. The number of nitrogens with one attached hydrogen (secondary N) is 1. The van der Waals surface area contributed by atoms with E-state index >= 15 is 0 Å². The van der Waals surface area contributed by atoms with E-state index in [1.54, 1.807) is 17.5 Å². The first-order chi connectivity index (χ1) is 7.27. The molecule has 0 aliphatic heterocycles. The van der Waals surface area contributed by atoms with Crippen LogP contribution in [0.2, 0.25) is 5.02 Å². The van der Waals surface area contributed by atoms with Crippen molar-refractivity contribution in [3.05, 3.63) is 39.4 Å². The highest BCUT2D eigenvalue weighted by Crippen LogP contribution is 2.19. The van der Waals surface area contributed by atoms with E-state index in [1.807, 2.05) is 0 Å². The van der Waals surface area contributed by atoms with E-state index < -0.39 is 0 Å². The number of aromatic nitrogens is 2. The highest BCUT2D eigenvalue weighted by molar-refractivity contribution is 7.08. The molecule has 0 aliphatic rings. The zero-order valence-corrected chi connectivity index (χ0v) is 9.77. The van der Waals surface area contributed by atoms with Crippen molar-refractivity contribution in [2.24, 2.45) is 0 Å². The largest absolute Gasteiger partial charge is 0.365 e. The van der Waals surface area contributed by atoms with Crippen molar-refractivity contribution in [3.8, 4) is 0 Å². The van der Waals surface area contributed by atoms with Crippen LogP contribution in [-0.2, 0) is 6.54 Å². The normalized spacial score (nSPS) is 10.3. The zero-order valence-electron chi connectivity index (χ0n) is 8.20. The predicted octanol–water partition coefficient (Wildman–Crippen LogP) is 3.11. The third-order valence-corrected chi connectivity index (χ3v) is 3.26. The Hall–Kier alpha value is -1.13. The SMILES string of the molecule is Cc1cscc1CNc1ncncc1Cl. The molecule has 0 unspecified atom stereocenters. The number of hydrogen-bond donors (Lipinski definition) is 1. The van der Waals surface area contributed by atoms with E-state index in [9.17, 15) is 0 Å². The molecule has 0 bridgehead atoms. The van der Waals surface area contributed by atoms with Crippen molar-refractivity contribution < 1.29 is 0 Å². The van der Waals surface area contributed by atoms with Crippen LogP contribution < -0.4 is 5.32 Å². The topological polar surface area (TPSA) is 37.8 Å². The lowest BCUT2D eigenvalue weighted by Crippen LogP contribution is -2.02. The Morgan fingerprint density at radius 1 is 1.47 bits per heavy atom. The lowest BCUT2D eigenvalue weighted by Gasteiger charge is -2.05. The Morgan fingerprint density at radius 2 is 2.33 bits per heavy atom. The fraction of sp³-hybridized carbons (Fsp3) is 0.200. The Morgan fingerprint density at radius 3 is 3.00 bits per heavy atom. The van der Waals surface area contributed by atoms with Gasteiger partial charge < -0.3 is 5.32 Å². The van der Waals surface area contributed by atoms with Crippen LogP contribution >= 0.6 is 22.9 Å². The fourth-order valence-electron chi connectivity index (χ4n) is 1.19. The summed E-state index contributed by atoms with van der Waals surface area (Å²) in [6, 6.07) is 0. The molecule has 0 spiro atoms. The second kappa shape index (κ2) is 4.59. The first-order valence-electron chi connectivity index (χ1n) is 4.48. The lowest BCUT2D eigenvalue weighted by atomic mass is 10.2. The Kier molecular flexibility index (Phi) is 3.18. The van der Waals surface area contributed by atoms with Gasteiger partial charge in [-0.25, -0.2) is 9.97 Å². The van der Waals surface area contributed by atoms with E-state index in [0.717, 1.165) is 6.54 Å². The summed E-state index contributed by atoms with van der Waals surface area (Å²) in [6.07, 6.45) is 3.06. The zero-order chi connectivity index (χ0) is 10.7. The van der Waals surface area contributed by atoms with Gasteiger partial charge in [-0.2, -0.15) is 11.3 Å². The third kappa shape index (κ3) is 2.46. The molecule has 0 saturated carbocycles. The summed E-state index contributed by atoms with van der Waals surface area (Å²) in [5.41, 5.74) is 2.56. The third-order valence-electron chi connectivity index (χ3n) is 2.08. The van der Waals surface area contributed by atoms with Crippen LogP contribution in [-0.4, -0.2) is 9.97 Å². The number of nitrogens with zero attached hydrogens (tertiary/aromatic N) is 2. The van der Waals surface area contributed by atoms with Gasteiger partial charge in [0.25, 0.3) is 0 Å². The maximum absolute atomic E-state index is 5.92. The first-order valence-corrected chi connectivity index (χ1v) is 5.80. The van der Waals surface area contributed by atoms with Gasteiger partial charge in [0.15, 0.2) is 0 Å². The molecule has 2 rings (SSSR count). The maximum atomic E-state index is 5.92. The van der Waals surface area contributed by atoms with Crippen LogP contribution in [0, 0.1) is 6.92 Å². The highest BCUT2D eigenvalue weighted by atomic mass is 35.5. The van der Waals surface area contributed by atoms with Crippen molar-refractivity contribution in [1.29, 1.82) is 0 Å². The van der Waals surface area contributed by atoms with Gasteiger partial charge >= 0.3 is 0 Å².